The first-order chi connectivity index (χ1) is 9.28. The fraction of sp³-hybridized carbons (Fsp3) is 0.533. The van der Waals surface area contributed by atoms with Crippen LogP contribution in [0.4, 0.5) is 5.69 Å². The standard InChI is InChI=1S/C15H23N3O/c1-2-18-9-8-13(12-18)10-16-11-15(19)17-14-6-4-3-5-7-14/h3-7,13,16H,2,8-12H2,1H3,(H,17,19). The number of hydrogen-bond acceptors (Lipinski definition) is 3. The van der Waals surface area contributed by atoms with Crippen molar-refractivity contribution >= 4 is 11.6 Å². The second kappa shape index (κ2) is 7.26. The molecule has 0 aliphatic carbocycles. The molecule has 1 aliphatic rings. The smallest absolute Gasteiger partial charge is 0.238 e. The number of likely N-dealkylation sites (tertiary alicyclic amines) is 1. The van der Waals surface area contributed by atoms with Crippen molar-refractivity contribution in [2.45, 2.75) is 13.3 Å². The van der Waals surface area contributed by atoms with E-state index in [1.165, 1.54) is 13.0 Å². The van der Waals surface area contributed by atoms with Gasteiger partial charge in [0.15, 0.2) is 0 Å². The van der Waals surface area contributed by atoms with Gasteiger partial charge in [-0.25, -0.2) is 0 Å². The summed E-state index contributed by atoms with van der Waals surface area (Å²) >= 11 is 0. The Labute approximate surface area is 115 Å². The highest BCUT2D eigenvalue weighted by atomic mass is 16.1. The Bertz CT molecular complexity index is 394. The lowest BCUT2D eigenvalue weighted by Gasteiger charge is -2.13. The summed E-state index contributed by atoms with van der Waals surface area (Å²) in [5, 5.41) is 6.13. The van der Waals surface area contributed by atoms with Crippen molar-refractivity contribution in [1.29, 1.82) is 0 Å². The molecule has 0 aromatic heterocycles. The molecule has 0 bridgehead atoms. The Morgan fingerprint density at radius 3 is 2.84 bits per heavy atom. The fourth-order valence-electron chi connectivity index (χ4n) is 2.48. The van der Waals surface area contributed by atoms with Crippen LogP contribution in [0.15, 0.2) is 30.3 Å². The Hall–Kier alpha value is -1.39. The van der Waals surface area contributed by atoms with Crippen molar-refractivity contribution in [2.24, 2.45) is 5.92 Å². The molecule has 2 rings (SSSR count). The molecule has 1 fully saturated rings. The van der Waals surface area contributed by atoms with Crippen molar-refractivity contribution in [3.63, 3.8) is 0 Å². The maximum atomic E-state index is 11.7. The molecule has 1 unspecified atom stereocenters. The second-order valence-corrected chi connectivity index (χ2v) is 5.09. The summed E-state index contributed by atoms with van der Waals surface area (Å²) in [5.74, 6) is 0.709. The van der Waals surface area contributed by atoms with Crippen LogP contribution in [0.1, 0.15) is 13.3 Å². The molecule has 0 saturated carbocycles. The minimum absolute atomic E-state index is 0.0246. The maximum absolute atomic E-state index is 11.7. The highest BCUT2D eigenvalue weighted by molar-refractivity contribution is 5.92. The van der Waals surface area contributed by atoms with Crippen LogP contribution in [0.5, 0.6) is 0 Å². The highest BCUT2D eigenvalue weighted by Gasteiger charge is 2.20. The van der Waals surface area contributed by atoms with E-state index >= 15 is 0 Å². The SMILES string of the molecule is CCN1CCC(CNCC(=O)Nc2ccccc2)C1. The number of carbonyl (C=O) groups excluding carboxylic acids is 1. The average molecular weight is 261 g/mol. The number of rotatable bonds is 6. The van der Waals surface area contributed by atoms with Gasteiger partial charge in [0, 0.05) is 12.2 Å². The van der Waals surface area contributed by atoms with Crippen LogP contribution in [0.25, 0.3) is 0 Å². The summed E-state index contributed by atoms with van der Waals surface area (Å²) in [6.45, 7) is 6.99. The first kappa shape index (κ1) is 14.0. The number of carbonyl (C=O) groups is 1. The first-order valence-electron chi connectivity index (χ1n) is 7.06. The van der Waals surface area contributed by atoms with Gasteiger partial charge in [-0.2, -0.15) is 0 Å². The van der Waals surface area contributed by atoms with Crippen molar-refractivity contribution < 1.29 is 4.79 Å². The Kier molecular flexibility index (Phi) is 5.36. The predicted molar refractivity (Wildman–Crippen MR) is 78.2 cm³/mol. The number of nitrogens with one attached hydrogen (secondary N) is 2. The van der Waals surface area contributed by atoms with E-state index in [0.29, 0.717) is 12.5 Å². The summed E-state index contributed by atoms with van der Waals surface area (Å²) in [6, 6.07) is 9.57. The first-order valence-corrected chi connectivity index (χ1v) is 7.06. The van der Waals surface area contributed by atoms with Crippen LogP contribution in [0, 0.1) is 5.92 Å². The van der Waals surface area contributed by atoms with Crippen LogP contribution < -0.4 is 10.6 Å². The van der Waals surface area contributed by atoms with Crippen LogP contribution >= 0.6 is 0 Å². The molecule has 1 saturated heterocycles. The number of para-hydroxylation sites is 1. The van der Waals surface area contributed by atoms with Gasteiger partial charge in [0.1, 0.15) is 0 Å². The lowest BCUT2D eigenvalue weighted by Crippen LogP contribution is -2.32. The van der Waals surface area contributed by atoms with Crippen molar-refractivity contribution in [1.82, 2.24) is 10.2 Å². The van der Waals surface area contributed by atoms with E-state index in [4.69, 9.17) is 0 Å². The molecule has 1 aromatic carbocycles. The zero-order valence-corrected chi connectivity index (χ0v) is 11.6. The summed E-state index contributed by atoms with van der Waals surface area (Å²) in [4.78, 5) is 14.2. The van der Waals surface area contributed by atoms with Gasteiger partial charge in [-0.3, -0.25) is 4.79 Å². The summed E-state index contributed by atoms with van der Waals surface area (Å²) in [7, 11) is 0. The average Bonchev–Trinajstić information content (AvgIpc) is 2.88. The molecule has 4 nitrogen and oxygen atoms in total. The van der Waals surface area contributed by atoms with E-state index in [1.54, 1.807) is 0 Å². The van der Waals surface area contributed by atoms with Crippen LogP contribution in [-0.2, 0) is 4.79 Å². The molecule has 0 spiro atoms. The molecule has 4 heteroatoms. The topological polar surface area (TPSA) is 44.4 Å². The molecule has 1 aliphatic heterocycles. The number of amides is 1. The predicted octanol–water partition coefficient (Wildman–Crippen LogP) is 1.56. The lowest BCUT2D eigenvalue weighted by molar-refractivity contribution is -0.115. The van der Waals surface area contributed by atoms with Gasteiger partial charge in [-0.1, -0.05) is 25.1 Å². The molecule has 1 atom stereocenters. The Morgan fingerprint density at radius 1 is 1.37 bits per heavy atom. The summed E-state index contributed by atoms with van der Waals surface area (Å²) in [5.41, 5.74) is 0.854. The molecular weight excluding hydrogens is 238 g/mol. The van der Waals surface area contributed by atoms with Gasteiger partial charge in [-0.05, 0) is 44.1 Å². The van der Waals surface area contributed by atoms with Gasteiger partial charge >= 0.3 is 0 Å². The minimum atomic E-state index is 0.0246. The molecule has 1 aromatic rings. The van der Waals surface area contributed by atoms with Crippen LogP contribution in [-0.4, -0.2) is 43.5 Å². The zero-order chi connectivity index (χ0) is 13.5. The van der Waals surface area contributed by atoms with Gasteiger partial charge in [0.2, 0.25) is 5.91 Å². The summed E-state index contributed by atoms with van der Waals surface area (Å²) in [6.07, 6.45) is 1.24. The number of hydrogen-bond donors (Lipinski definition) is 2. The van der Waals surface area contributed by atoms with E-state index < -0.39 is 0 Å². The van der Waals surface area contributed by atoms with Crippen molar-refractivity contribution in [2.75, 3.05) is 38.0 Å². The van der Waals surface area contributed by atoms with E-state index in [1.807, 2.05) is 30.3 Å². The van der Waals surface area contributed by atoms with Gasteiger partial charge < -0.3 is 15.5 Å². The van der Waals surface area contributed by atoms with Crippen LogP contribution in [0.3, 0.4) is 0 Å². The second-order valence-electron chi connectivity index (χ2n) is 5.09. The van der Waals surface area contributed by atoms with Gasteiger partial charge in [-0.15, -0.1) is 0 Å². The zero-order valence-electron chi connectivity index (χ0n) is 11.6. The number of nitrogens with zero attached hydrogens (tertiary/aromatic N) is 1. The molecule has 0 radical (unpaired) electrons. The third kappa shape index (κ3) is 4.65. The molecule has 19 heavy (non-hydrogen) atoms. The van der Waals surface area contributed by atoms with E-state index in [-0.39, 0.29) is 5.91 Å². The number of anilines is 1. The lowest BCUT2D eigenvalue weighted by atomic mass is 10.1. The maximum Gasteiger partial charge on any atom is 0.238 e. The monoisotopic (exact) mass is 261 g/mol. The third-order valence-electron chi connectivity index (χ3n) is 3.59. The van der Waals surface area contributed by atoms with Gasteiger partial charge in [0.05, 0.1) is 6.54 Å². The minimum Gasteiger partial charge on any atom is -0.325 e. The summed E-state index contributed by atoms with van der Waals surface area (Å²) < 4.78 is 0. The fourth-order valence-corrected chi connectivity index (χ4v) is 2.48. The quantitative estimate of drug-likeness (QED) is 0.817. The van der Waals surface area contributed by atoms with Crippen LogP contribution in [0.2, 0.25) is 0 Å². The normalized spacial score (nSPS) is 19.5. The van der Waals surface area contributed by atoms with E-state index in [0.717, 1.165) is 25.3 Å². The van der Waals surface area contributed by atoms with Crippen molar-refractivity contribution in [3.8, 4) is 0 Å². The van der Waals surface area contributed by atoms with Crippen molar-refractivity contribution in [3.05, 3.63) is 30.3 Å². The molecule has 2 N–H and O–H groups in total. The third-order valence-corrected chi connectivity index (χ3v) is 3.59. The molecule has 1 amide bonds. The van der Waals surface area contributed by atoms with Gasteiger partial charge in [0.25, 0.3) is 0 Å². The Balaban J connectivity index is 1.62. The number of benzene rings is 1. The Morgan fingerprint density at radius 2 is 2.16 bits per heavy atom. The molecular formula is C15H23N3O. The molecule has 1 heterocycles. The molecule has 104 valence electrons. The van der Waals surface area contributed by atoms with E-state index in [2.05, 4.69) is 22.5 Å². The largest absolute Gasteiger partial charge is 0.325 e. The van der Waals surface area contributed by atoms with E-state index in [9.17, 15) is 4.79 Å². The highest BCUT2D eigenvalue weighted by Crippen LogP contribution is 2.14.